The highest BCUT2D eigenvalue weighted by atomic mass is 127. The summed E-state index contributed by atoms with van der Waals surface area (Å²) in [5.74, 6) is 2.20. The largest absolute Gasteiger partial charge is 0.357 e. The van der Waals surface area contributed by atoms with E-state index < -0.39 is 0 Å². The lowest BCUT2D eigenvalue weighted by Crippen LogP contribution is -2.42. The van der Waals surface area contributed by atoms with E-state index in [2.05, 4.69) is 15.6 Å². The number of halogens is 1. The summed E-state index contributed by atoms with van der Waals surface area (Å²) in [6, 6.07) is 0. The van der Waals surface area contributed by atoms with E-state index in [9.17, 15) is 4.79 Å². The van der Waals surface area contributed by atoms with E-state index in [1.807, 2.05) is 23.6 Å². The molecule has 2 aliphatic rings. The maximum atomic E-state index is 12.1. The summed E-state index contributed by atoms with van der Waals surface area (Å²) in [5, 5.41) is 7.28. The van der Waals surface area contributed by atoms with Gasteiger partial charge in [0.2, 0.25) is 5.91 Å². The molecular weight excluding hydrogens is 411 g/mol. The third kappa shape index (κ3) is 6.93. The van der Waals surface area contributed by atoms with Gasteiger partial charge in [0.25, 0.3) is 0 Å². The number of aliphatic imine (C=N–C) groups is 1. The van der Waals surface area contributed by atoms with Gasteiger partial charge in [0.1, 0.15) is 6.54 Å². The molecule has 22 heavy (non-hydrogen) atoms. The molecule has 2 fully saturated rings. The molecule has 2 saturated heterocycles. The maximum absolute atomic E-state index is 12.1. The Hall–Kier alpha value is -0.180. The quantitative estimate of drug-likeness (QED) is 0.391. The molecule has 2 rings (SSSR count). The zero-order valence-corrected chi connectivity index (χ0v) is 16.6. The molecule has 2 N–H and O–H groups in total. The van der Waals surface area contributed by atoms with Gasteiger partial charge in [-0.1, -0.05) is 0 Å². The third-order valence-electron chi connectivity index (χ3n) is 3.95. The van der Waals surface area contributed by atoms with Crippen LogP contribution in [0.2, 0.25) is 0 Å². The second kappa shape index (κ2) is 11.4. The standard InChI is InChI=1S/C15H28N4OS.HI/c1-2-16-15(17-11-13-7-6-10-21-13)18-12-14(20)19-8-4-3-5-9-19;/h13H,2-12H2,1H3,(H2,16,17,18);1H. The number of rotatable bonds is 5. The van der Waals surface area contributed by atoms with Gasteiger partial charge in [0.15, 0.2) is 5.96 Å². The monoisotopic (exact) mass is 440 g/mol. The summed E-state index contributed by atoms with van der Waals surface area (Å²) in [4.78, 5) is 18.5. The fraction of sp³-hybridized carbons (Fsp3) is 0.867. The molecule has 0 spiro atoms. The van der Waals surface area contributed by atoms with Crippen LogP contribution < -0.4 is 10.6 Å². The van der Waals surface area contributed by atoms with E-state index in [1.54, 1.807) is 0 Å². The Kier molecular flexibility index (Phi) is 10.3. The molecule has 0 aromatic rings. The van der Waals surface area contributed by atoms with Gasteiger partial charge in [-0.2, -0.15) is 11.8 Å². The summed E-state index contributed by atoms with van der Waals surface area (Å²) < 4.78 is 0. The SMILES string of the molecule is CCNC(=NCC(=O)N1CCCCC1)NCC1CCCS1.I. The highest BCUT2D eigenvalue weighted by Gasteiger charge is 2.17. The van der Waals surface area contributed by atoms with Crippen molar-refractivity contribution in [2.75, 3.05) is 38.5 Å². The van der Waals surface area contributed by atoms with Crippen molar-refractivity contribution in [2.24, 2.45) is 4.99 Å². The van der Waals surface area contributed by atoms with Gasteiger partial charge < -0.3 is 15.5 Å². The highest BCUT2D eigenvalue weighted by molar-refractivity contribution is 14.0. The lowest BCUT2D eigenvalue weighted by atomic mass is 10.1. The van der Waals surface area contributed by atoms with Crippen molar-refractivity contribution in [3.05, 3.63) is 0 Å². The first-order valence-electron chi connectivity index (χ1n) is 8.21. The smallest absolute Gasteiger partial charge is 0.244 e. The molecule has 2 heterocycles. The van der Waals surface area contributed by atoms with Crippen molar-refractivity contribution < 1.29 is 4.79 Å². The second-order valence-electron chi connectivity index (χ2n) is 5.65. The van der Waals surface area contributed by atoms with Crippen molar-refractivity contribution in [2.45, 2.75) is 44.3 Å². The summed E-state index contributed by atoms with van der Waals surface area (Å²) in [6.45, 7) is 5.87. The minimum Gasteiger partial charge on any atom is -0.357 e. The molecule has 1 atom stereocenters. The van der Waals surface area contributed by atoms with E-state index >= 15 is 0 Å². The van der Waals surface area contributed by atoms with Crippen molar-refractivity contribution in [1.29, 1.82) is 0 Å². The summed E-state index contributed by atoms with van der Waals surface area (Å²) in [5.41, 5.74) is 0. The molecule has 0 aromatic carbocycles. The minimum absolute atomic E-state index is 0. The summed E-state index contributed by atoms with van der Waals surface area (Å²) in [6.07, 6.45) is 6.11. The van der Waals surface area contributed by atoms with Crippen LogP contribution in [-0.4, -0.2) is 60.5 Å². The van der Waals surface area contributed by atoms with Crippen molar-refractivity contribution >= 4 is 47.6 Å². The molecule has 7 heteroatoms. The zero-order chi connectivity index (χ0) is 14.9. The lowest BCUT2D eigenvalue weighted by Gasteiger charge is -2.26. The number of likely N-dealkylation sites (tertiary alicyclic amines) is 1. The van der Waals surface area contributed by atoms with Gasteiger partial charge in [-0.3, -0.25) is 4.79 Å². The number of hydrogen-bond acceptors (Lipinski definition) is 3. The van der Waals surface area contributed by atoms with E-state index in [-0.39, 0.29) is 36.4 Å². The third-order valence-corrected chi connectivity index (χ3v) is 5.34. The Morgan fingerprint density at radius 1 is 1.23 bits per heavy atom. The number of nitrogens with one attached hydrogen (secondary N) is 2. The summed E-state index contributed by atoms with van der Waals surface area (Å²) >= 11 is 2.03. The summed E-state index contributed by atoms with van der Waals surface area (Å²) in [7, 11) is 0. The van der Waals surface area contributed by atoms with Crippen LogP contribution in [0.15, 0.2) is 4.99 Å². The topological polar surface area (TPSA) is 56.7 Å². The van der Waals surface area contributed by atoms with Crippen LogP contribution in [0.25, 0.3) is 0 Å². The molecule has 0 aromatic heterocycles. The fourth-order valence-corrected chi connectivity index (χ4v) is 3.95. The molecular formula is C15H29IN4OS. The van der Waals surface area contributed by atoms with E-state index in [0.717, 1.165) is 45.0 Å². The van der Waals surface area contributed by atoms with Gasteiger partial charge in [-0.15, -0.1) is 24.0 Å². The molecule has 0 saturated carbocycles. The van der Waals surface area contributed by atoms with Gasteiger partial charge >= 0.3 is 0 Å². The predicted octanol–water partition coefficient (Wildman–Crippen LogP) is 2.07. The van der Waals surface area contributed by atoms with E-state index in [0.29, 0.717) is 5.25 Å². The van der Waals surface area contributed by atoms with Gasteiger partial charge in [0, 0.05) is 31.4 Å². The first-order chi connectivity index (χ1) is 10.3. The first kappa shape index (κ1) is 19.9. The highest BCUT2D eigenvalue weighted by Crippen LogP contribution is 2.25. The van der Waals surface area contributed by atoms with Crippen LogP contribution in [0.1, 0.15) is 39.0 Å². The Morgan fingerprint density at radius 2 is 2.00 bits per heavy atom. The van der Waals surface area contributed by atoms with E-state index in [4.69, 9.17) is 0 Å². The molecule has 5 nitrogen and oxygen atoms in total. The number of hydrogen-bond donors (Lipinski definition) is 2. The number of amides is 1. The molecule has 0 bridgehead atoms. The zero-order valence-electron chi connectivity index (χ0n) is 13.5. The van der Waals surface area contributed by atoms with Crippen LogP contribution in [0, 0.1) is 0 Å². The average molecular weight is 440 g/mol. The van der Waals surface area contributed by atoms with Crippen molar-refractivity contribution in [3.63, 3.8) is 0 Å². The average Bonchev–Trinajstić information content (AvgIpc) is 3.04. The molecule has 0 radical (unpaired) electrons. The molecule has 2 aliphatic heterocycles. The number of nitrogens with zero attached hydrogens (tertiary/aromatic N) is 2. The Bertz CT molecular complexity index is 355. The number of thioether (sulfide) groups is 1. The van der Waals surface area contributed by atoms with E-state index in [1.165, 1.54) is 25.0 Å². The number of piperidine rings is 1. The molecule has 128 valence electrons. The van der Waals surface area contributed by atoms with Crippen LogP contribution in [0.5, 0.6) is 0 Å². The molecule has 1 unspecified atom stereocenters. The molecule has 0 aliphatic carbocycles. The normalized spacial score (nSPS) is 22.1. The van der Waals surface area contributed by atoms with Crippen LogP contribution >= 0.6 is 35.7 Å². The van der Waals surface area contributed by atoms with Crippen molar-refractivity contribution in [1.82, 2.24) is 15.5 Å². The van der Waals surface area contributed by atoms with Crippen LogP contribution in [-0.2, 0) is 4.79 Å². The maximum Gasteiger partial charge on any atom is 0.244 e. The van der Waals surface area contributed by atoms with Crippen LogP contribution in [0.4, 0.5) is 0 Å². The minimum atomic E-state index is 0. The fourth-order valence-electron chi connectivity index (χ4n) is 2.75. The Labute approximate surface area is 155 Å². The number of guanidine groups is 1. The second-order valence-corrected chi connectivity index (χ2v) is 7.06. The molecule has 1 amide bonds. The predicted molar refractivity (Wildman–Crippen MR) is 105 cm³/mol. The van der Waals surface area contributed by atoms with Crippen molar-refractivity contribution in [3.8, 4) is 0 Å². The lowest BCUT2D eigenvalue weighted by molar-refractivity contribution is -0.130. The number of carbonyl (C=O) groups is 1. The van der Waals surface area contributed by atoms with Gasteiger partial charge in [-0.05, 0) is 44.8 Å². The Balaban J connectivity index is 0.00000242. The van der Waals surface area contributed by atoms with Gasteiger partial charge in [-0.25, -0.2) is 4.99 Å². The Morgan fingerprint density at radius 3 is 2.64 bits per heavy atom. The van der Waals surface area contributed by atoms with Crippen LogP contribution in [0.3, 0.4) is 0 Å². The number of carbonyl (C=O) groups excluding carboxylic acids is 1. The van der Waals surface area contributed by atoms with Gasteiger partial charge in [0.05, 0.1) is 0 Å². The first-order valence-corrected chi connectivity index (χ1v) is 9.26.